The number of aromatic nitrogens is 1. The average Bonchev–Trinajstić information content (AvgIpc) is 3.09. The van der Waals surface area contributed by atoms with Gasteiger partial charge in [0.1, 0.15) is 12.0 Å². The average molecular weight is 322 g/mol. The normalized spacial score (nSPS) is 10.6. The molecule has 124 valence electrons. The molecule has 0 bridgehead atoms. The largest absolute Gasteiger partial charge is 0.497 e. The van der Waals surface area contributed by atoms with E-state index in [1.165, 1.54) is 11.3 Å². The van der Waals surface area contributed by atoms with Crippen LogP contribution in [-0.4, -0.2) is 18.6 Å². The topological polar surface area (TPSA) is 38.5 Å². The van der Waals surface area contributed by atoms with Crippen LogP contribution in [0.15, 0.2) is 59.2 Å². The molecular formula is C20H22N2O2. The highest BCUT2D eigenvalue weighted by Crippen LogP contribution is 2.24. The molecule has 4 heteroatoms. The van der Waals surface area contributed by atoms with E-state index in [9.17, 15) is 0 Å². The van der Waals surface area contributed by atoms with Crippen molar-refractivity contribution in [3.05, 3.63) is 66.1 Å². The summed E-state index contributed by atoms with van der Waals surface area (Å²) >= 11 is 0. The van der Waals surface area contributed by atoms with Crippen molar-refractivity contribution in [2.45, 2.75) is 20.4 Å². The van der Waals surface area contributed by atoms with Gasteiger partial charge < -0.3 is 14.1 Å². The summed E-state index contributed by atoms with van der Waals surface area (Å²) in [6, 6.07) is 16.1. The molecule has 0 spiro atoms. The van der Waals surface area contributed by atoms with Crippen LogP contribution in [0.5, 0.6) is 5.75 Å². The van der Waals surface area contributed by atoms with Gasteiger partial charge in [0.25, 0.3) is 0 Å². The molecule has 0 saturated heterocycles. The van der Waals surface area contributed by atoms with Gasteiger partial charge in [0.05, 0.1) is 19.3 Å². The molecule has 0 saturated carbocycles. The lowest BCUT2D eigenvalue weighted by Gasteiger charge is -2.23. The van der Waals surface area contributed by atoms with E-state index in [0.29, 0.717) is 5.89 Å². The molecule has 1 aromatic heterocycles. The Morgan fingerprint density at radius 1 is 1.08 bits per heavy atom. The minimum absolute atomic E-state index is 0.633. The molecule has 0 unspecified atom stereocenters. The third-order valence-electron chi connectivity index (χ3n) is 4.08. The predicted octanol–water partition coefficient (Wildman–Crippen LogP) is 4.69. The van der Waals surface area contributed by atoms with Gasteiger partial charge in [-0.05, 0) is 49.7 Å². The van der Waals surface area contributed by atoms with Gasteiger partial charge in [-0.2, -0.15) is 0 Å². The summed E-state index contributed by atoms with van der Waals surface area (Å²) in [4.78, 5) is 6.93. The summed E-state index contributed by atoms with van der Waals surface area (Å²) in [5.41, 5.74) is 4.36. The van der Waals surface area contributed by atoms with Gasteiger partial charge in [0, 0.05) is 17.8 Å². The second-order valence-electron chi connectivity index (χ2n) is 5.67. The van der Waals surface area contributed by atoms with Gasteiger partial charge in [0.15, 0.2) is 0 Å². The lowest BCUT2D eigenvalue weighted by atomic mass is 10.2. The summed E-state index contributed by atoms with van der Waals surface area (Å²) in [6.07, 6.45) is 1.74. The van der Waals surface area contributed by atoms with E-state index in [-0.39, 0.29) is 0 Å². The van der Waals surface area contributed by atoms with Gasteiger partial charge in [-0.3, -0.25) is 0 Å². The van der Waals surface area contributed by atoms with Crippen LogP contribution in [0.2, 0.25) is 0 Å². The van der Waals surface area contributed by atoms with Crippen LogP contribution in [0.25, 0.3) is 11.5 Å². The minimum Gasteiger partial charge on any atom is -0.497 e. The van der Waals surface area contributed by atoms with Crippen LogP contribution in [0.1, 0.15) is 18.2 Å². The summed E-state index contributed by atoms with van der Waals surface area (Å²) in [7, 11) is 1.66. The van der Waals surface area contributed by atoms with Crippen LogP contribution in [0.4, 0.5) is 5.69 Å². The van der Waals surface area contributed by atoms with Crippen molar-refractivity contribution < 1.29 is 9.15 Å². The van der Waals surface area contributed by atoms with E-state index < -0.39 is 0 Å². The number of para-hydroxylation sites is 1. The fourth-order valence-electron chi connectivity index (χ4n) is 2.73. The molecule has 2 aromatic carbocycles. The zero-order valence-corrected chi connectivity index (χ0v) is 14.3. The Bertz CT molecular complexity index is 793. The van der Waals surface area contributed by atoms with Gasteiger partial charge >= 0.3 is 0 Å². The lowest BCUT2D eigenvalue weighted by molar-refractivity contribution is 0.415. The molecule has 0 radical (unpaired) electrons. The van der Waals surface area contributed by atoms with Crippen LogP contribution in [0.3, 0.4) is 0 Å². The first-order valence-electron chi connectivity index (χ1n) is 8.10. The molecule has 0 fully saturated rings. The maximum atomic E-state index is 5.66. The monoisotopic (exact) mass is 322 g/mol. The number of aryl methyl sites for hydroxylation is 1. The quantitative estimate of drug-likeness (QED) is 0.660. The van der Waals surface area contributed by atoms with Gasteiger partial charge in [-0.25, -0.2) is 4.98 Å². The lowest BCUT2D eigenvalue weighted by Crippen LogP contribution is -2.22. The van der Waals surface area contributed by atoms with E-state index in [2.05, 4.69) is 48.0 Å². The smallest absolute Gasteiger partial charge is 0.226 e. The molecule has 0 aliphatic heterocycles. The van der Waals surface area contributed by atoms with E-state index in [1.807, 2.05) is 24.3 Å². The molecule has 0 amide bonds. The number of ether oxygens (including phenoxy) is 1. The van der Waals surface area contributed by atoms with Gasteiger partial charge in [-0.1, -0.05) is 18.2 Å². The summed E-state index contributed by atoms with van der Waals surface area (Å²) < 4.78 is 10.8. The highest BCUT2D eigenvalue weighted by molar-refractivity contribution is 5.55. The van der Waals surface area contributed by atoms with Crippen molar-refractivity contribution in [2.75, 3.05) is 18.6 Å². The number of anilines is 1. The number of methoxy groups -OCH3 is 1. The molecule has 4 nitrogen and oxygen atoms in total. The molecule has 0 aliphatic carbocycles. The van der Waals surface area contributed by atoms with Gasteiger partial charge in [-0.15, -0.1) is 0 Å². The Morgan fingerprint density at radius 3 is 2.50 bits per heavy atom. The fourth-order valence-corrected chi connectivity index (χ4v) is 2.73. The number of hydrogen-bond acceptors (Lipinski definition) is 4. The number of hydrogen-bond donors (Lipinski definition) is 0. The SMILES string of the molecule is CCN(Cc1coc(-c2ccc(OC)cc2)n1)c1ccccc1C. The Kier molecular flexibility index (Phi) is 4.85. The van der Waals surface area contributed by atoms with Gasteiger partial charge in [0.2, 0.25) is 5.89 Å². The van der Waals surface area contributed by atoms with Crippen molar-refractivity contribution in [2.24, 2.45) is 0 Å². The maximum Gasteiger partial charge on any atom is 0.226 e. The summed E-state index contributed by atoms with van der Waals surface area (Å²) in [6.45, 7) is 5.91. The maximum absolute atomic E-state index is 5.66. The number of benzene rings is 2. The number of nitrogens with zero attached hydrogens (tertiary/aromatic N) is 2. The van der Waals surface area contributed by atoms with Crippen LogP contribution < -0.4 is 9.64 Å². The predicted molar refractivity (Wildman–Crippen MR) is 96.4 cm³/mol. The second kappa shape index (κ2) is 7.21. The number of oxazole rings is 1. The minimum atomic E-state index is 0.633. The van der Waals surface area contributed by atoms with E-state index >= 15 is 0 Å². The third kappa shape index (κ3) is 3.43. The highest BCUT2D eigenvalue weighted by Gasteiger charge is 2.12. The van der Waals surface area contributed by atoms with Crippen molar-refractivity contribution in [1.82, 2.24) is 4.98 Å². The van der Waals surface area contributed by atoms with Crippen LogP contribution >= 0.6 is 0 Å². The molecule has 3 rings (SSSR count). The first-order valence-corrected chi connectivity index (χ1v) is 8.10. The first kappa shape index (κ1) is 16.1. The molecule has 0 aliphatic rings. The highest BCUT2D eigenvalue weighted by atomic mass is 16.5. The molecule has 3 aromatic rings. The summed E-state index contributed by atoms with van der Waals surface area (Å²) in [5, 5.41) is 0. The van der Waals surface area contributed by atoms with Crippen molar-refractivity contribution in [1.29, 1.82) is 0 Å². The zero-order valence-electron chi connectivity index (χ0n) is 14.3. The Morgan fingerprint density at radius 2 is 1.83 bits per heavy atom. The molecule has 0 N–H and O–H groups in total. The van der Waals surface area contributed by atoms with Crippen LogP contribution in [0, 0.1) is 6.92 Å². The van der Waals surface area contributed by atoms with Crippen LogP contribution in [-0.2, 0) is 6.54 Å². The van der Waals surface area contributed by atoms with E-state index in [0.717, 1.165) is 30.1 Å². The summed E-state index contributed by atoms with van der Waals surface area (Å²) in [5.74, 6) is 1.45. The standard InChI is InChI=1S/C20H22N2O2/c1-4-22(19-8-6-5-7-15(19)2)13-17-14-24-20(21-17)16-9-11-18(23-3)12-10-16/h5-12,14H,4,13H2,1-3H3. The third-order valence-corrected chi connectivity index (χ3v) is 4.08. The van der Waals surface area contributed by atoms with E-state index in [1.54, 1.807) is 13.4 Å². The van der Waals surface area contributed by atoms with Crippen molar-refractivity contribution in [3.63, 3.8) is 0 Å². The Hall–Kier alpha value is -2.75. The Labute approximate surface area is 142 Å². The van der Waals surface area contributed by atoms with Crippen molar-refractivity contribution >= 4 is 5.69 Å². The fraction of sp³-hybridized carbons (Fsp3) is 0.250. The molecule has 0 atom stereocenters. The first-order chi connectivity index (χ1) is 11.7. The molecule has 24 heavy (non-hydrogen) atoms. The number of rotatable bonds is 6. The second-order valence-corrected chi connectivity index (χ2v) is 5.67. The molecular weight excluding hydrogens is 300 g/mol. The zero-order chi connectivity index (χ0) is 16.9. The Balaban J connectivity index is 1.78. The van der Waals surface area contributed by atoms with Crippen molar-refractivity contribution in [3.8, 4) is 17.2 Å². The van der Waals surface area contributed by atoms with E-state index in [4.69, 9.17) is 9.15 Å². The molecule has 1 heterocycles.